The SMILES string of the molecule is O=C(O)c1cc(CNc2ccccc2Cl)on1. The molecule has 1 aromatic heterocycles. The Morgan fingerprint density at radius 3 is 2.88 bits per heavy atom. The van der Waals surface area contributed by atoms with Crippen LogP contribution in [0.2, 0.25) is 5.02 Å². The second-order valence-electron chi connectivity index (χ2n) is 3.32. The van der Waals surface area contributed by atoms with Crippen molar-refractivity contribution in [3.63, 3.8) is 0 Å². The minimum atomic E-state index is -1.11. The number of hydrogen-bond acceptors (Lipinski definition) is 4. The lowest BCUT2D eigenvalue weighted by Gasteiger charge is -2.04. The van der Waals surface area contributed by atoms with Crippen LogP contribution in [-0.4, -0.2) is 16.2 Å². The highest BCUT2D eigenvalue weighted by Crippen LogP contribution is 2.21. The molecule has 2 aromatic rings. The zero-order chi connectivity index (χ0) is 12.3. The van der Waals surface area contributed by atoms with E-state index in [0.29, 0.717) is 17.3 Å². The molecule has 0 unspecified atom stereocenters. The maximum absolute atomic E-state index is 10.6. The minimum Gasteiger partial charge on any atom is -0.476 e. The number of nitrogens with one attached hydrogen (secondary N) is 1. The van der Waals surface area contributed by atoms with Crippen LogP contribution in [0.3, 0.4) is 0 Å². The zero-order valence-electron chi connectivity index (χ0n) is 8.68. The fourth-order valence-electron chi connectivity index (χ4n) is 1.28. The van der Waals surface area contributed by atoms with Crippen molar-refractivity contribution in [3.8, 4) is 0 Å². The van der Waals surface area contributed by atoms with Crippen LogP contribution in [0.5, 0.6) is 0 Å². The highest BCUT2D eigenvalue weighted by atomic mass is 35.5. The summed E-state index contributed by atoms with van der Waals surface area (Å²) in [6.45, 7) is 0.323. The molecule has 0 aliphatic carbocycles. The van der Waals surface area contributed by atoms with Gasteiger partial charge in [-0.25, -0.2) is 4.79 Å². The van der Waals surface area contributed by atoms with Gasteiger partial charge in [0.05, 0.1) is 17.3 Å². The molecule has 1 heterocycles. The molecule has 17 heavy (non-hydrogen) atoms. The fourth-order valence-corrected chi connectivity index (χ4v) is 1.49. The Bertz CT molecular complexity index is 539. The number of aromatic nitrogens is 1. The van der Waals surface area contributed by atoms with Gasteiger partial charge in [-0.1, -0.05) is 28.9 Å². The second-order valence-corrected chi connectivity index (χ2v) is 3.72. The number of halogens is 1. The maximum atomic E-state index is 10.6. The summed E-state index contributed by atoms with van der Waals surface area (Å²) in [4.78, 5) is 10.6. The van der Waals surface area contributed by atoms with Crippen LogP contribution in [0.4, 0.5) is 5.69 Å². The highest BCUT2D eigenvalue weighted by molar-refractivity contribution is 6.33. The number of nitrogens with zero attached hydrogens (tertiary/aromatic N) is 1. The van der Waals surface area contributed by atoms with Gasteiger partial charge in [0.25, 0.3) is 0 Å². The monoisotopic (exact) mass is 252 g/mol. The number of carboxylic acid groups (broad SMARTS) is 1. The van der Waals surface area contributed by atoms with Crippen LogP contribution in [0.1, 0.15) is 16.2 Å². The van der Waals surface area contributed by atoms with Crippen molar-refractivity contribution >= 4 is 23.3 Å². The number of benzene rings is 1. The van der Waals surface area contributed by atoms with Gasteiger partial charge in [0.2, 0.25) is 0 Å². The summed E-state index contributed by atoms with van der Waals surface area (Å²) in [6, 6.07) is 8.61. The van der Waals surface area contributed by atoms with Gasteiger partial charge >= 0.3 is 5.97 Å². The summed E-state index contributed by atoms with van der Waals surface area (Å²) in [5.74, 6) is -0.680. The normalized spacial score (nSPS) is 10.2. The first kappa shape index (κ1) is 11.5. The molecule has 2 N–H and O–H groups in total. The smallest absolute Gasteiger partial charge is 0.358 e. The van der Waals surface area contributed by atoms with E-state index < -0.39 is 5.97 Å². The molecule has 0 bridgehead atoms. The summed E-state index contributed by atoms with van der Waals surface area (Å²) in [5.41, 5.74) is 0.642. The molecular formula is C11H9ClN2O3. The van der Waals surface area contributed by atoms with Crippen LogP contribution >= 0.6 is 11.6 Å². The van der Waals surface area contributed by atoms with Gasteiger partial charge in [-0.05, 0) is 12.1 Å². The van der Waals surface area contributed by atoms with E-state index in [9.17, 15) is 4.79 Å². The van der Waals surface area contributed by atoms with E-state index in [2.05, 4.69) is 10.5 Å². The van der Waals surface area contributed by atoms with Crippen LogP contribution in [0, 0.1) is 0 Å². The first-order valence-corrected chi connectivity index (χ1v) is 5.22. The van der Waals surface area contributed by atoms with Crippen LogP contribution in [0.15, 0.2) is 34.9 Å². The highest BCUT2D eigenvalue weighted by Gasteiger charge is 2.10. The molecule has 0 saturated heterocycles. The first-order chi connectivity index (χ1) is 8.16. The van der Waals surface area contributed by atoms with E-state index in [-0.39, 0.29) is 5.69 Å². The predicted molar refractivity (Wildman–Crippen MR) is 62.2 cm³/mol. The van der Waals surface area contributed by atoms with Crippen molar-refractivity contribution in [3.05, 3.63) is 46.8 Å². The molecule has 0 saturated carbocycles. The van der Waals surface area contributed by atoms with E-state index in [1.807, 2.05) is 18.2 Å². The van der Waals surface area contributed by atoms with Crippen molar-refractivity contribution < 1.29 is 14.4 Å². The van der Waals surface area contributed by atoms with Gasteiger partial charge in [0, 0.05) is 6.07 Å². The van der Waals surface area contributed by atoms with Crippen molar-refractivity contribution in [1.29, 1.82) is 0 Å². The Morgan fingerprint density at radius 2 is 2.24 bits per heavy atom. The van der Waals surface area contributed by atoms with Gasteiger partial charge in [-0.3, -0.25) is 0 Å². The third-order valence-corrected chi connectivity index (χ3v) is 2.43. The molecule has 0 amide bonds. The molecule has 0 fully saturated rings. The number of hydrogen-bond donors (Lipinski definition) is 2. The Kier molecular flexibility index (Phi) is 3.30. The van der Waals surface area contributed by atoms with Crippen LogP contribution in [-0.2, 0) is 6.54 Å². The Hall–Kier alpha value is -2.01. The Labute approximate surface area is 102 Å². The van der Waals surface area contributed by atoms with Crippen molar-refractivity contribution in [1.82, 2.24) is 5.16 Å². The lowest BCUT2D eigenvalue weighted by atomic mass is 10.3. The summed E-state index contributed by atoms with van der Waals surface area (Å²) in [7, 11) is 0. The zero-order valence-corrected chi connectivity index (χ0v) is 9.44. The molecule has 0 atom stereocenters. The molecule has 88 valence electrons. The molecule has 0 radical (unpaired) electrons. The van der Waals surface area contributed by atoms with Gasteiger partial charge in [0.15, 0.2) is 11.5 Å². The molecule has 1 aromatic carbocycles. The summed E-state index contributed by atoms with van der Waals surface area (Å²) in [5, 5.41) is 15.7. The van der Waals surface area contributed by atoms with E-state index in [1.165, 1.54) is 6.07 Å². The van der Waals surface area contributed by atoms with E-state index in [4.69, 9.17) is 21.2 Å². The number of carboxylic acids is 1. The van der Waals surface area contributed by atoms with E-state index >= 15 is 0 Å². The van der Waals surface area contributed by atoms with Gasteiger partial charge in [-0.15, -0.1) is 0 Å². The minimum absolute atomic E-state index is 0.110. The summed E-state index contributed by atoms with van der Waals surface area (Å²) >= 11 is 5.94. The van der Waals surface area contributed by atoms with E-state index in [0.717, 1.165) is 5.69 Å². The van der Waals surface area contributed by atoms with Gasteiger partial charge in [0.1, 0.15) is 0 Å². The summed E-state index contributed by atoms with van der Waals surface area (Å²) < 4.78 is 4.85. The average molecular weight is 253 g/mol. The second kappa shape index (κ2) is 4.88. The fraction of sp³-hybridized carbons (Fsp3) is 0.0909. The van der Waals surface area contributed by atoms with Crippen molar-refractivity contribution in [2.24, 2.45) is 0 Å². The number of para-hydroxylation sites is 1. The lowest BCUT2D eigenvalue weighted by Crippen LogP contribution is -1.99. The molecule has 2 rings (SSSR count). The number of aromatic carboxylic acids is 1. The van der Waals surface area contributed by atoms with Crippen molar-refractivity contribution in [2.45, 2.75) is 6.54 Å². The molecular weight excluding hydrogens is 244 g/mol. The van der Waals surface area contributed by atoms with Gasteiger partial charge in [-0.2, -0.15) is 0 Å². The largest absolute Gasteiger partial charge is 0.476 e. The third-order valence-electron chi connectivity index (χ3n) is 2.10. The Morgan fingerprint density at radius 1 is 1.47 bits per heavy atom. The van der Waals surface area contributed by atoms with Crippen LogP contribution in [0.25, 0.3) is 0 Å². The first-order valence-electron chi connectivity index (χ1n) is 4.84. The Balaban J connectivity index is 2.02. The predicted octanol–water partition coefficient (Wildman–Crippen LogP) is 2.64. The molecule has 0 spiro atoms. The molecule has 5 nitrogen and oxygen atoms in total. The topological polar surface area (TPSA) is 75.4 Å². The molecule has 0 aliphatic heterocycles. The van der Waals surface area contributed by atoms with E-state index in [1.54, 1.807) is 6.07 Å². The van der Waals surface area contributed by atoms with Gasteiger partial charge < -0.3 is 14.9 Å². The molecule has 6 heteroatoms. The third kappa shape index (κ3) is 2.76. The molecule has 0 aliphatic rings. The quantitative estimate of drug-likeness (QED) is 0.875. The van der Waals surface area contributed by atoms with Crippen molar-refractivity contribution in [2.75, 3.05) is 5.32 Å². The lowest BCUT2D eigenvalue weighted by molar-refractivity contribution is 0.0685. The van der Waals surface area contributed by atoms with Crippen LogP contribution < -0.4 is 5.32 Å². The number of carbonyl (C=O) groups is 1. The number of anilines is 1. The summed E-state index contributed by atoms with van der Waals surface area (Å²) in [6.07, 6.45) is 0. The number of rotatable bonds is 4. The maximum Gasteiger partial charge on any atom is 0.358 e. The average Bonchev–Trinajstić information content (AvgIpc) is 2.77. The standard InChI is InChI=1S/C11H9ClN2O3/c12-8-3-1-2-4-9(8)13-6-7-5-10(11(15)16)14-17-7/h1-5,13H,6H2,(H,15,16).